The van der Waals surface area contributed by atoms with Crippen molar-refractivity contribution in [2.24, 2.45) is 33.7 Å². The van der Waals surface area contributed by atoms with Gasteiger partial charge in [0.25, 0.3) is 0 Å². The summed E-state index contributed by atoms with van der Waals surface area (Å²) in [4.78, 5) is 8.41. The van der Waals surface area contributed by atoms with Crippen molar-refractivity contribution in [1.29, 1.82) is 0 Å². The van der Waals surface area contributed by atoms with Crippen LogP contribution in [0.5, 0.6) is 0 Å². The molecule has 0 atom stereocenters. The number of aliphatic imine (C=N–C) groups is 2. The summed E-state index contributed by atoms with van der Waals surface area (Å²) in [7, 11) is 3.74. The zero-order valence-corrected chi connectivity index (χ0v) is 14.2. The molecule has 0 aliphatic rings. The third-order valence-corrected chi connectivity index (χ3v) is 2.88. The van der Waals surface area contributed by atoms with Crippen LogP contribution >= 0.6 is 0 Å². The number of rotatable bonds is 4. The van der Waals surface area contributed by atoms with Crippen LogP contribution in [0.3, 0.4) is 0 Å². The molecule has 19 heavy (non-hydrogen) atoms. The third kappa shape index (κ3) is 10.9. The van der Waals surface area contributed by atoms with Gasteiger partial charge in [-0.15, -0.1) is 0 Å². The fraction of sp³-hybridized carbons (Fsp3) is 0.882. The number of nitrogens with zero attached hydrogens (tertiary/aromatic N) is 2. The van der Waals surface area contributed by atoms with E-state index in [4.69, 9.17) is 0 Å². The molecule has 0 aromatic heterocycles. The molecule has 0 saturated heterocycles. The largest absolute Gasteiger partial charge is 0.297 e. The Morgan fingerprint density at radius 3 is 0.684 bits per heavy atom. The van der Waals surface area contributed by atoms with Gasteiger partial charge in [0, 0.05) is 25.5 Å². The molecule has 2 heteroatoms. The van der Waals surface area contributed by atoms with Crippen LogP contribution in [0.15, 0.2) is 9.98 Å². The minimum Gasteiger partial charge on any atom is -0.297 e. The Balaban J connectivity index is -0.000000256. The first-order valence-corrected chi connectivity index (χ1v) is 7.12. The monoisotopic (exact) mass is 270 g/mol. The standard InChI is InChI=1S/2C8H17N.CH4/c2*1-6(2)8(9-5)7(3)4;/h2*6-7H,1-5H3;1H4. The van der Waals surface area contributed by atoms with Crippen LogP contribution < -0.4 is 0 Å². The van der Waals surface area contributed by atoms with E-state index in [2.05, 4.69) is 65.4 Å². The van der Waals surface area contributed by atoms with E-state index in [1.807, 2.05) is 14.1 Å². The molecule has 0 aromatic carbocycles. The Morgan fingerprint density at radius 1 is 0.526 bits per heavy atom. The first-order valence-electron chi connectivity index (χ1n) is 7.12. The van der Waals surface area contributed by atoms with Crippen LogP contribution in [-0.2, 0) is 0 Å². The normalized spacial score (nSPS) is 10.0. The van der Waals surface area contributed by atoms with Crippen LogP contribution in [-0.4, -0.2) is 25.5 Å². The highest BCUT2D eigenvalue weighted by atomic mass is 14.7. The van der Waals surface area contributed by atoms with Gasteiger partial charge in [0.2, 0.25) is 0 Å². The molecule has 0 radical (unpaired) electrons. The van der Waals surface area contributed by atoms with Crippen LogP contribution in [0.25, 0.3) is 0 Å². The van der Waals surface area contributed by atoms with Gasteiger partial charge in [0.1, 0.15) is 0 Å². The molecule has 0 aliphatic carbocycles. The van der Waals surface area contributed by atoms with Crippen molar-refractivity contribution < 1.29 is 0 Å². The summed E-state index contributed by atoms with van der Waals surface area (Å²) in [6.45, 7) is 17.5. The van der Waals surface area contributed by atoms with E-state index in [9.17, 15) is 0 Å². The molecule has 0 unspecified atom stereocenters. The van der Waals surface area contributed by atoms with Crippen molar-refractivity contribution in [1.82, 2.24) is 0 Å². The van der Waals surface area contributed by atoms with Crippen LogP contribution in [0.2, 0.25) is 0 Å². The van der Waals surface area contributed by atoms with Gasteiger partial charge in [0.15, 0.2) is 0 Å². The second kappa shape index (κ2) is 12.4. The number of hydrogen-bond acceptors (Lipinski definition) is 2. The quantitative estimate of drug-likeness (QED) is 0.613. The smallest absolute Gasteiger partial charge is 0.0276 e. The molecule has 0 amide bonds. The zero-order chi connectivity index (χ0) is 14.9. The molecule has 2 nitrogen and oxygen atoms in total. The lowest BCUT2D eigenvalue weighted by molar-refractivity contribution is 0.762. The molecule has 0 bridgehead atoms. The molecule has 116 valence electrons. The van der Waals surface area contributed by atoms with Gasteiger partial charge in [-0.1, -0.05) is 62.8 Å². The Kier molecular flexibility index (Phi) is 15.3. The van der Waals surface area contributed by atoms with Gasteiger partial charge in [0.05, 0.1) is 0 Å². The van der Waals surface area contributed by atoms with Crippen LogP contribution in [0, 0.1) is 23.7 Å². The lowest BCUT2D eigenvalue weighted by Crippen LogP contribution is -2.14. The summed E-state index contributed by atoms with van der Waals surface area (Å²) in [5.41, 5.74) is 2.63. The summed E-state index contributed by atoms with van der Waals surface area (Å²) < 4.78 is 0. The van der Waals surface area contributed by atoms with Gasteiger partial charge in [-0.05, 0) is 23.7 Å². The predicted molar refractivity (Wildman–Crippen MR) is 92.8 cm³/mol. The maximum absolute atomic E-state index is 4.20. The molecule has 0 N–H and O–H groups in total. The SMILES string of the molecule is C.CN=C(C(C)C)C(C)C.CN=C(C(C)C)C(C)C. The van der Waals surface area contributed by atoms with Gasteiger partial charge < -0.3 is 0 Å². The minimum absolute atomic E-state index is 0. The first kappa shape index (κ1) is 23.4. The summed E-state index contributed by atoms with van der Waals surface area (Å²) in [5, 5.41) is 0. The van der Waals surface area contributed by atoms with E-state index in [1.54, 1.807) is 0 Å². The third-order valence-electron chi connectivity index (χ3n) is 2.88. The fourth-order valence-corrected chi connectivity index (χ4v) is 2.37. The van der Waals surface area contributed by atoms with Gasteiger partial charge >= 0.3 is 0 Å². The second-order valence-corrected chi connectivity index (χ2v) is 5.92. The maximum Gasteiger partial charge on any atom is 0.0276 e. The highest BCUT2D eigenvalue weighted by Crippen LogP contribution is 2.07. The zero-order valence-electron chi connectivity index (χ0n) is 14.2. The van der Waals surface area contributed by atoms with E-state index in [0.29, 0.717) is 23.7 Å². The summed E-state index contributed by atoms with van der Waals surface area (Å²) in [6, 6.07) is 0. The lowest BCUT2D eigenvalue weighted by Gasteiger charge is -2.11. The molecular formula is C17H38N2. The maximum atomic E-state index is 4.20. The topological polar surface area (TPSA) is 24.7 Å². The Morgan fingerprint density at radius 2 is 0.684 bits per heavy atom. The van der Waals surface area contributed by atoms with E-state index in [1.165, 1.54) is 11.4 Å². The first-order chi connectivity index (χ1) is 8.18. The van der Waals surface area contributed by atoms with Crippen molar-refractivity contribution in [3.63, 3.8) is 0 Å². The molecule has 0 fully saturated rings. The molecule has 0 heterocycles. The fourth-order valence-electron chi connectivity index (χ4n) is 2.37. The van der Waals surface area contributed by atoms with E-state index >= 15 is 0 Å². The van der Waals surface area contributed by atoms with Crippen LogP contribution in [0.4, 0.5) is 0 Å². The van der Waals surface area contributed by atoms with E-state index in [-0.39, 0.29) is 7.43 Å². The van der Waals surface area contributed by atoms with E-state index < -0.39 is 0 Å². The Labute approximate surface area is 122 Å². The van der Waals surface area contributed by atoms with Crippen LogP contribution in [0.1, 0.15) is 62.8 Å². The van der Waals surface area contributed by atoms with Crippen molar-refractivity contribution in [3.8, 4) is 0 Å². The van der Waals surface area contributed by atoms with Crippen molar-refractivity contribution in [2.45, 2.75) is 62.8 Å². The lowest BCUT2D eigenvalue weighted by atomic mass is 9.98. The Bertz CT molecular complexity index is 210. The highest BCUT2D eigenvalue weighted by molar-refractivity contribution is 5.88. The molecule has 0 aromatic rings. The molecule has 0 rings (SSSR count). The average Bonchev–Trinajstić information content (AvgIpc) is 2.17. The minimum atomic E-state index is 0. The molecule has 0 spiro atoms. The highest BCUT2D eigenvalue weighted by Gasteiger charge is 2.07. The second-order valence-electron chi connectivity index (χ2n) is 5.92. The van der Waals surface area contributed by atoms with Gasteiger partial charge in [-0.25, -0.2) is 0 Å². The van der Waals surface area contributed by atoms with Crippen molar-refractivity contribution in [2.75, 3.05) is 14.1 Å². The number of hydrogen-bond donors (Lipinski definition) is 0. The van der Waals surface area contributed by atoms with E-state index in [0.717, 1.165) is 0 Å². The Hall–Kier alpha value is -0.660. The average molecular weight is 271 g/mol. The van der Waals surface area contributed by atoms with Gasteiger partial charge in [-0.2, -0.15) is 0 Å². The summed E-state index contributed by atoms with van der Waals surface area (Å²) in [6.07, 6.45) is 0. The van der Waals surface area contributed by atoms with Crippen molar-refractivity contribution in [3.05, 3.63) is 0 Å². The summed E-state index contributed by atoms with van der Waals surface area (Å²) in [5.74, 6) is 2.43. The molecule has 0 saturated carbocycles. The van der Waals surface area contributed by atoms with Gasteiger partial charge in [-0.3, -0.25) is 9.98 Å². The molecule has 0 aliphatic heterocycles. The van der Waals surface area contributed by atoms with Crippen molar-refractivity contribution >= 4 is 11.4 Å². The molecular weight excluding hydrogens is 232 g/mol. The summed E-state index contributed by atoms with van der Waals surface area (Å²) >= 11 is 0. The predicted octanol–water partition coefficient (Wildman–Crippen LogP) is 5.37.